The lowest BCUT2D eigenvalue weighted by atomic mass is 9.85. The van der Waals surface area contributed by atoms with Gasteiger partial charge in [-0.25, -0.2) is 0 Å². The molecule has 4 N–H and O–H groups in total. The summed E-state index contributed by atoms with van der Waals surface area (Å²) in [6.07, 6.45) is 2.92. The van der Waals surface area contributed by atoms with Gasteiger partial charge < -0.3 is 16.2 Å². The minimum absolute atomic E-state index is 0.0397. The molecule has 0 aromatic heterocycles. The number of nitrogens with one attached hydrogen (secondary N) is 1. The van der Waals surface area contributed by atoms with Gasteiger partial charge in [0.2, 0.25) is 5.91 Å². The zero-order valence-corrected chi connectivity index (χ0v) is 10.5. The molecule has 1 amide bonds. The maximum absolute atomic E-state index is 11.7. The molecule has 5 nitrogen and oxygen atoms in total. The van der Waals surface area contributed by atoms with Gasteiger partial charge in [-0.3, -0.25) is 9.59 Å². The van der Waals surface area contributed by atoms with Crippen LogP contribution in [0.1, 0.15) is 39.5 Å². The van der Waals surface area contributed by atoms with E-state index < -0.39 is 12.0 Å². The van der Waals surface area contributed by atoms with Gasteiger partial charge in [0.1, 0.15) is 0 Å². The topological polar surface area (TPSA) is 92.4 Å². The summed E-state index contributed by atoms with van der Waals surface area (Å²) in [5.41, 5.74) is 5.74. The maximum Gasteiger partial charge on any atom is 0.306 e. The number of nitrogens with two attached hydrogens (primary N) is 1. The molecule has 1 saturated carbocycles. The molecule has 1 rings (SSSR count). The summed E-state index contributed by atoms with van der Waals surface area (Å²) in [6.45, 7) is 3.79. The van der Waals surface area contributed by atoms with Gasteiger partial charge in [-0.05, 0) is 25.2 Å². The zero-order valence-electron chi connectivity index (χ0n) is 10.5. The first-order valence-corrected chi connectivity index (χ1v) is 6.20. The van der Waals surface area contributed by atoms with Gasteiger partial charge in [0.05, 0.1) is 12.0 Å². The van der Waals surface area contributed by atoms with Crippen molar-refractivity contribution in [3.8, 4) is 0 Å². The predicted octanol–water partition coefficient (Wildman–Crippen LogP) is 0.729. The van der Waals surface area contributed by atoms with Crippen LogP contribution in [-0.2, 0) is 9.59 Å². The average molecular weight is 242 g/mol. The fourth-order valence-electron chi connectivity index (χ4n) is 2.15. The van der Waals surface area contributed by atoms with Crippen molar-refractivity contribution < 1.29 is 14.7 Å². The summed E-state index contributed by atoms with van der Waals surface area (Å²) in [5, 5.41) is 11.8. The summed E-state index contributed by atoms with van der Waals surface area (Å²) in [4.78, 5) is 22.6. The Kier molecular flexibility index (Phi) is 4.93. The first-order chi connectivity index (χ1) is 7.91. The molecule has 5 heteroatoms. The summed E-state index contributed by atoms with van der Waals surface area (Å²) in [7, 11) is 0. The Bertz CT molecular complexity index is 291. The Hall–Kier alpha value is -1.10. The number of aliphatic carboxylic acids is 1. The maximum atomic E-state index is 11.7. The molecule has 0 aromatic carbocycles. The normalized spacial score (nSPS) is 26.6. The second kappa shape index (κ2) is 6.00. The van der Waals surface area contributed by atoms with Crippen LogP contribution in [-0.4, -0.2) is 29.1 Å². The van der Waals surface area contributed by atoms with Crippen molar-refractivity contribution in [2.45, 2.75) is 51.6 Å². The van der Waals surface area contributed by atoms with Crippen LogP contribution in [0.2, 0.25) is 0 Å². The van der Waals surface area contributed by atoms with Gasteiger partial charge in [0.25, 0.3) is 0 Å². The van der Waals surface area contributed by atoms with E-state index in [9.17, 15) is 9.59 Å². The minimum atomic E-state index is -0.767. The molecule has 0 bridgehead atoms. The van der Waals surface area contributed by atoms with E-state index in [4.69, 9.17) is 10.8 Å². The fourth-order valence-corrected chi connectivity index (χ4v) is 2.15. The van der Waals surface area contributed by atoms with Gasteiger partial charge in [-0.2, -0.15) is 0 Å². The highest BCUT2D eigenvalue weighted by Crippen LogP contribution is 2.24. The molecule has 0 heterocycles. The lowest BCUT2D eigenvalue weighted by Gasteiger charge is -2.28. The number of carboxylic acids is 1. The third-order valence-corrected chi connectivity index (χ3v) is 3.39. The number of carbonyl (C=O) groups excluding carboxylic acids is 1. The third-order valence-electron chi connectivity index (χ3n) is 3.39. The van der Waals surface area contributed by atoms with Crippen LogP contribution in [0.3, 0.4) is 0 Å². The molecular formula is C12H22N2O3. The molecule has 0 radical (unpaired) electrons. The number of carboxylic acid groups (broad SMARTS) is 1. The molecule has 1 fully saturated rings. The summed E-state index contributed by atoms with van der Waals surface area (Å²) in [5.74, 6) is -1.17. The lowest BCUT2D eigenvalue weighted by Crippen LogP contribution is -2.49. The Morgan fingerprint density at radius 1 is 1.35 bits per heavy atom. The standard InChI is InChI=1S/C12H22N2O3/c1-7(2)10(13)11(15)14-9-5-3-4-8(6-9)12(16)17/h7-10H,3-6,13H2,1-2H3,(H,14,15)(H,16,17)/t8?,9?,10-/m0/s1. The van der Waals surface area contributed by atoms with Crippen molar-refractivity contribution in [2.24, 2.45) is 17.6 Å². The highest BCUT2D eigenvalue weighted by atomic mass is 16.4. The minimum Gasteiger partial charge on any atom is -0.481 e. The van der Waals surface area contributed by atoms with Crippen molar-refractivity contribution in [2.75, 3.05) is 0 Å². The van der Waals surface area contributed by atoms with Gasteiger partial charge in [0, 0.05) is 6.04 Å². The van der Waals surface area contributed by atoms with E-state index in [0.717, 1.165) is 12.8 Å². The molecule has 0 spiro atoms. The zero-order chi connectivity index (χ0) is 13.0. The number of amides is 1. The molecule has 0 aromatic rings. The number of carbonyl (C=O) groups is 2. The predicted molar refractivity (Wildman–Crippen MR) is 64.3 cm³/mol. The summed E-state index contributed by atoms with van der Waals surface area (Å²) >= 11 is 0. The SMILES string of the molecule is CC(C)[C@H](N)C(=O)NC1CCCC(C(=O)O)C1. The average Bonchev–Trinajstić information content (AvgIpc) is 2.28. The van der Waals surface area contributed by atoms with Crippen LogP contribution in [0.25, 0.3) is 0 Å². The lowest BCUT2D eigenvalue weighted by molar-refractivity contribution is -0.143. The smallest absolute Gasteiger partial charge is 0.306 e. The molecule has 0 aliphatic heterocycles. The molecule has 1 aliphatic rings. The molecule has 98 valence electrons. The van der Waals surface area contributed by atoms with E-state index in [-0.39, 0.29) is 23.8 Å². The van der Waals surface area contributed by atoms with Crippen molar-refractivity contribution in [1.29, 1.82) is 0 Å². The van der Waals surface area contributed by atoms with Crippen molar-refractivity contribution in [3.05, 3.63) is 0 Å². The van der Waals surface area contributed by atoms with Crippen molar-refractivity contribution in [3.63, 3.8) is 0 Å². The molecule has 0 saturated heterocycles. The van der Waals surface area contributed by atoms with Crippen LogP contribution < -0.4 is 11.1 Å². The molecule has 2 unspecified atom stereocenters. The first-order valence-electron chi connectivity index (χ1n) is 6.20. The first kappa shape index (κ1) is 14.0. The third kappa shape index (κ3) is 4.00. The quantitative estimate of drug-likeness (QED) is 0.677. The van der Waals surface area contributed by atoms with E-state index in [2.05, 4.69) is 5.32 Å². The van der Waals surface area contributed by atoms with Crippen molar-refractivity contribution in [1.82, 2.24) is 5.32 Å². The molecule has 3 atom stereocenters. The van der Waals surface area contributed by atoms with Gasteiger partial charge >= 0.3 is 5.97 Å². The van der Waals surface area contributed by atoms with Crippen LogP contribution in [0.5, 0.6) is 0 Å². The van der Waals surface area contributed by atoms with Gasteiger partial charge in [0.15, 0.2) is 0 Å². The second-order valence-electron chi connectivity index (χ2n) is 5.18. The molecule has 17 heavy (non-hydrogen) atoms. The largest absolute Gasteiger partial charge is 0.481 e. The number of hydrogen-bond donors (Lipinski definition) is 3. The van der Waals surface area contributed by atoms with E-state index in [1.54, 1.807) is 0 Å². The van der Waals surface area contributed by atoms with Crippen molar-refractivity contribution >= 4 is 11.9 Å². The molecule has 1 aliphatic carbocycles. The summed E-state index contributed by atoms with van der Waals surface area (Å²) < 4.78 is 0. The van der Waals surface area contributed by atoms with Crippen LogP contribution >= 0.6 is 0 Å². The van der Waals surface area contributed by atoms with E-state index >= 15 is 0 Å². The van der Waals surface area contributed by atoms with Crippen LogP contribution in [0.15, 0.2) is 0 Å². The Labute approximate surface area is 102 Å². The number of rotatable bonds is 4. The highest BCUT2D eigenvalue weighted by molar-refractivity contribution is 5.82. The Balaban J connectivity index is 2.46. The second-order valence-corrected chi connectivity index (χ2v) is 5.18. The van der Waals surface area contributed by atoms with E-state index in [1.807, 2.05) is 13.8 Å². The Morgan fingerprint density at radius 3 is 2.53 bits per heavy atom. The fraction of sp³-hybridized carbons (Fsp3) is 0.833. The van der Waals surface area contributed by atoms with Crippen LogP contribution in [0.4, 0.5) is 0 Å². The summed E-state index contributed by atoms with van der Waals surface area (Å²) in [6, 6.07) is -0.553. The van der Waals surface area contributed by atoms with E-state index in [0.29, 0.717) is 12.8 Å². The van der Waals surface area contributed by atoms with E-state index in [1.165, 1.54) is 0 Å². The Morgan fingerprint density at radius 2 is 2.00 bits per heavy atom. The number of hydrogen-bond acceptors (Lipinski definition) is 3. The van der Waals surface area contributed by atoms with Gasteiger partial charge in [-0.1, -0.05) is 20.3 Å². The highest BCUT2D eigenvalue weighted by Gasteiger charge is 2.29. The molecular weight excluding hydrogens is 220 g/mol. The monoisotopic (exact) mass is 242 g/mol. The van der Waals surface area contributed by atoms with Crippen LogP contribution in [0, 0.1) is 11.8 Å². The van der Waals surface area contributed by atoms with Gasteiger partial charge in [-0.15, -0.1) is 0 Å².